The van der Waals surface area contributed by atoms with Crippen LogP contribution in [0.25, 0.3) is 11.0 Å². The molecule has 1 aromatic heterocycles. The third-order valence-electron chi connectivity index (χ3n) is 4.82. The highest BCUT2D eigenvalue weighted by molar-refractivity contribution is 5.87. The number of benzene rings is 2. The molecule has 2 aromatic carbocycles. The molecule has 0 aliphatic heterocycles. The molecule has 0 aliphatic carbocycles. The fourth-order valence-corrected chi connectivity index (χ4v) is 3.13. The van der Waals surface area contributed by atoms with E-state index >= 15 is 0 Å². The third-order valence-corrected chi connectivity index (χ3v) is 4.82. The van der Waals surface area contributed by atoms with E-state index in [-0.39, 0.29) is 12.3 Å². The monoisotopic (exact) mass is 365 g/mol. The highest BCUT2D eigenvalue weighted by atomic mass is 16.5. The van der Waals surface area contributed by atoms with Gasteiger partial charge >= 0.3 is 5.63 Å². The summed E-state index contributed by atoms with van der Waals surface area (Å²) in [6, 6.07) is 11.6. The summed E-state index contributed by atoms with van der Waals surface area (Å²) in [5, 5.41) is 3.67. The van der Waals surface area contributed by atoms with Crippen LogP contribution in [-0.4, -0.2) is 13.0 Å². The van der Waals surface area contributed by atoms with Gasteiger partial charge in [0.25, 0.3) is 0 Å². The molecule has 3 aromatic rings. The zero-order chi connectivity index (χ0) is 19.6. The molecule has 0 spiro atoms. The smallest absolute Gasteiger partial charge is 0.340 e. The van der Waals surface area contributed by atoms with Gasteiger partial charge in [-0.05, 0) is 44.0 Å². The van der Waals surface area contributed by atoms with Gasteiger partial charge in [0.15, 0.2) is 0 Å². The first kappa shape index (κ1) is 18.7. The first-order valence-electron chi connectivity index (χ1n) is 8.83. The number of aryl methyl sites for hydroxylation is 3. The van der Waals surface area contributed by atoms with Crippen molar-refractivity contribution in [2.24, 2.45) is 0 Å². The van der Waals surface area contributed by atoms with E-state index in [0.717, 1.165) is 22.1 Å². The summed E-state index contributed by atoms with van der Waals surface area (Å²) in [5.41, 5.74) is 4.11. The van der Waals surface area contributed by atoms with E-state index in [9.17, 15) is 9.59 Å². The maximum Gasteiger partial charge on any atom is 0.340 e. The lowest BCUT2D eigenvalue weighted by molar-refractivity contribution is -0.120. The van der Waals surface area contributed by atoms with Gasteiger partial charge in [-0.2, -0.15) is 0 Å². The van der Waals surface area contributed by atoms with Crippen LogP contribution in [0.4, 0.5) is 0 Å². The van der Waals surface area contributed by atoms with Crippen molar-refractivity contribution in [1.29, 1.82) is 0 Å². The number of carbonyl (C=O) groups is 1. The predicted octanol–water partition coefficient (Wildman–Crippen LogP) is 3.59. The second-order valence-corrected chi connectivity index (χ2v) is 6.70. The lowest BCUT2D eigenvalue weighted by Crippen LogP contribution is -2.27. The van der Waals surface area contributed by atoms with E-state index in [1.807, 2.05) is 57.2 Å². The summed E-state index contributed by atoms with van der Waals surface area (Å²) >= 11 is 0. The maximum absolute atomic E-state index is 12.5. The Morgan fingerprint density at radius 1 is 1.04 bits per heavy atom. The van der Waals surface area contributed by atoms with Crippen LogP contribution in [0.2, 0.25) is 0 Å². The SMILES string of the molecule is COc1ccc2c(C)c(CC(=O)NCc3ccc(C)cc3)c(=O)oc2c1C. The Balaban J connectivity index is 1.83. The number of hydrogen-bond donors (Lipinski definition) is 1. The molecule has 0 saturated heterocycles. The number of methoxy groups -OCH3 is 1. The molecule has 5 nitrogen and oxygen atoms in total. The first-order valence-corrected chi connectivity index (χ1v) is 8.83. The number of amides is 1. The molecule has 1 N–H and O–H groups in total. The lowest BCUT2D eigenvalue weighted by Gasteiger charge is -2.12. The molecule has 5 heteroatoms. The fraction of sp³-hybridized carbons (Fsp3) is 0.273. The van der Waals surface area contributed by atoms with Crippen LogP contribution in [0, 0.1) is 20.8 Å². The molecule has 1 amide bonds. The zero-order valence-electron chi connectivity index (χ0n) is 16.0. The Bertz CT molecular complexity index is 1050. The second-order valence-electron chi connectivity index (χ2n) is 6.70. The van der Waals surface area contributed by atoms with Crippen molar-refractivity contribution in [2.45, 2.75) is 33.7 Å². The minimum absolute atomic E-state index is 0.0129. The van der Waals surface area contributed by atoms with Gasteiger partial charge in [0, 0.05) is 17.5 Å². The zero-order valence-corrected chi connectivity index (χ0v) is 16.0. The van der Waals surface area contributed by atoms with Crippen LogP contribution in [-0.2, 0) is 17.8 Å². The van der Waals surface area contributed by atoms with Crippen molar-refractivity contribution in [3.63, 3.8) is 0 Å². The van der Waals surface area contributed by atoms with E-state index in [2.05, 4.69) is 5.32 Å². The second kappa shape index (κ2) is 7.66. The van der Waals surface area contributed by atoms with Crippen LogP contribution in [0.3, 0.4) is 0 Å². The van der Waals surface area contributed by atoms with E-state index in [1.165, 1.54) is 5.56 Å². The molecule has 0 radical (unpaired) electrons. The van der Waals surface area contributed by atoms with Gasteiger partial charge in [-0.1, -0.05) is 29.8 Å². The molecule has 0 bridgehead atoms. The highest BCUT2D eigenvalue weighted by Crippen LogP contribution is 2.29. The van der Waals surface area contributed by atoms with Crippen molar-refractivity contribution in [3.05, 3.63) is 74.6 Å². The molecule has 0 unspecified atom stereocenters. The number of ether oxygens (including phenoxy) is 1. The van der Waals surface area contributed by atoms with Crippen LogP contribution in [0.1, 0.15) is 27.8 Å². The van der Waals surface area contributed by atoms with Crippen LogP contribution < -0.4 is 15.7 Å². The van der Waals surface area contributed by atoms with Gasteiger partial charge in [-0.25, -0.2) is 4.79 Å². The van der Waals surface area contributed by atoms with Gasteiger partial charge in [-0.3, -0.25) is 4.79 Å². The average molecular weight is 365 g/mol. The molecule has 140 valence electrons. The first-order chi connectivity index (χ1) is 12.9. The number of rotatable bonds is 5. The Morgan fingerprint density at radius 2 is 1.74 bits per heavy atom. The largest absolute Gasteiger partial charge is 0.496 e. The highest BCUT2D eigenvalue weighted by Gasteiger charge is 2.17. The minimum atomic E-state index is -0.484. The Hall–Kier alpha value is -3.08. The molecular formula is C22H23NO4. The number of carbonyl (C=O) groups excluding carboxylic acids is 1. The summed E-state index contributed by atoms with van der Waals surface area (Å²) in [6.07, 6.45) is -0.0129. The van der Waals surface area contributed by atoms with Crippen LogP contribution >= 0.6 is 0 Å². The summed E-state index contributed by atoms with van der Waals surface area (Å²) in [6.45, 7) is 6.13. The van der Waals surface area contributed by atoms with Gasteiger partial charge in [0.05, 0.1) is 19.1 Å². The molecule has 27 heavy (non-hydrogen) atoms. The lowest BCUT2D eigenvalue weighted by atomic mass is 10.0. The Labute approximate surface area is 158 Å². The van der Waals surface area contributed by atoms with Gasteiger partial charge in [0.1, 0.15) is 11.3 Å². The average Bonchev–Trinajstić information content (AvgIpc) is 2.65. The van der Waals surface area contributed by atoms with E-state index in [1.54, 1.807) is 7.11 Å². The molecule has 0 saturated carbocycles. The third kappa shape index (κ3) is 3.87. The van der Waals surface area contributed by atoms with Crippen molar-refractivity contribution in [3.8, 4) is 5.75 Å². The van der Waals surface area contributed by atoms with Crippen molar-refractivity contribution in [2.75, 3.05) is 7.11 Å². The summed E-state index contributed by atoms with van der Waals surface area (Å²) < 4.78 is 10.8. The quantitative estimate of drug-likeness (QED) is 0.702. The van der Waals surface area contributed by atoms with Gasteiger partial charge < -0.3 is 14.5 Å². The topological polar surface area (TPSA) is 68.5 Å². The van der Waals surface area contributed by atoms with Gasteiger partial charge in [0.2, 0.25) is 5.91 Å². The number of nitrogens with one attached hydrogen (secondary N) is 1. The van der Waals surface area contributed by atoms with Crippen LogP contribution in [0.15, 0.2) is 45.6 Å². The maximum atomic E-state index is 12.5. The number of hydrogen-bond acceptors (Lipinski definition) is 4. The van der Waals surface area contributed by atoms with Crippen LogP contribution in [0.5, 0.6) is 5.75 Å². The molecule has 1 heterocycles. The molecule has 0 atom stereocenters. The van der Waals surface area contributed by atoms with E-state index in [0.29, 0.717) is 23.4 Å². The predicted molar refractivity (Wildman–Crippen MR) is 105 cm³/mol. The number of fused-ring (bicyclic) bond motifs is 1. The standard InChI is InChI=1S/C22H23NO4/c1-13-5-7-16(8-6-13)12-23-20(24)11-18-14(2)17-9-10-19(26-4)15(3)21(17)27-22(18)25/h5-10H,11-12H2,1-4H3,(H,23,24). The molecule has 0 fully saturated rings. The van der Waals surface area contributed by atoms with Crippen molar-refractivity contribution < 1.29 is 13.9 Å². The fourth-order valence-electron chi connectivity index (χ4n) is 3.13. The molecule has 3 rings (SSSR count). The molecular weight excluding hydrogens is 342 g/mol. The van der Waals surface area contributed by atoms with E-state index in [4.69, 9.17) is 9.15 Å². The summed E-state index contributed by atoms with van der Waals surface area (Å²) in [4.78, 5) is 24.8. The molecule has 0 aliphatic rings. The van der Waals surface area contributed by atoms with Gasteiger partial charge in [-0.15, -0.1) is 0 Å². The Kier molecular flexibility index (Phi) is 5.31. The van der Waals surface area contributed by atoms with Crippen molar-refractivity contribution >= 4 is 16.9 Å². The Morgan fingerprint density at radius 3 is 2.41 bits per heavy atom. The van der Waals surface area contributed by atoms with Crippen molar-refractivity contribution in [1.82, 2.24) is 5.32 Å². The normalized spacial score (nSPS) is 10.8. The summed E-state index contributed by atoms with van der Waals surface area (Å²) in [5.74, 6) is 0.448. The minimum Gasteiger partial charge on any atom is -0.496 e. The summed E-state index contributed by atoms with van der Waals surface area (Å²) in [7, 11) is 1.58. The van der Waals surface area contributed by atoms with E-state index < -0.39 is 5.63 Å².